The minimum absolute atomic E-state index is 0.515. The minimum Gasteiger partial charge on any atom is -0.370 e. The summed E-state index contributed by atoms with van der Waals surface area (Å²) in [5.41, 5.74) is 0. The standard InChI is InChI=1S/C15H22N6/c1-4-11-17-13(5-2)21(20-11)14-9-12(16-6-3)18-15(19-14)10-7-8-10/h9-10H,4-8H2,1-3H3,(H,16,18,19). The highest BCUT2D eigenvalue weighted by molar-refractivity contribution is 5.42. The van der Waals surface area contributed by atoms with Crippen molar-refractivity contribution in [2.24, 2.45) is 0 Å². The van der Waals surface area contributed by atoms with Crippen LogP contribution in [-0.4, -0.2) is 31.3 Å². The third-order valence-corrected chi connectivity index (χ3v) is 3.60. The van der Waals surface area contributed by atoms with Crippen LogP contribution in [0, 0.1) is 0 Å². The first-order valence-electron chi connectivity index (χ1n) is 7.83. The van der Waals surface area contributed by atoms with Crippen LogP contribution in [0.2, 0.25) is 0 Å². The topological polar surface area (TPSA) is 68.5 Å². The Morgan fingerprint density at radius 3 is 2.57 bits per heavy atom. The van der Waals surface area contributed by atoms with E-state index in [1.807, 2.05) is 10.7 Å². The Balaban J connectivity index is 2.05. The van der Waals surface area contributed by atoms with Crippen molar-refractivity contribution < 1.29 is 0 Å². The minimum atomic E-state index is 0.515. The lowest BCUT2D eigenvalue weighted by Gasteiger charge is -2.09. The van der Waals surface area contributed by atoms with E-state index in [1.165, 1.54) is 12.8 Å². The molecule has 2 aromatic rings. The smallest absolute Gasteiger partial charge is 0.161 e. The van der Waals surface area contributed by atoms with Crippen molar-refractivity contribution in [3.8, 4) is 5.82 Å². The molecule has 6 nitrogen and oxygen atoms in total. The molecule has 0 saturated heterocycles. The third kappa shape index (κ3) is 2.89. The Hall–Kier alpha value is -1.98. The number of hydrogen-bond donors (Lipinski definition) is 1. The lowest BCUT2D eigenvalue weighted by atomic mass is 10.3. The van der Waals surface area contributed by atoms with Crippen LogP contribution in [0.1, 0.15) is 57.0 Å². The van der Waals surface area contributed by atoms with E-state index in [2.05, 4.69) is 41.2 Å². The molecule has 0 aliphatic heterocycles. The number of nitrogens with one attached hydrogen (secondary N) is 1. The number of anilines is 1. The van der Waals surface area contributed by atoms with Gasteiger partial charge in [-0.2, -0.15) is 4.68 Å². The quantitative estimate of drug-likeness (QED) is 0.883. The molecule has 1 aliphatic rings. The molecule has 3 rings (SSSR count). The molecule has 1 N–H and O–H groups in total. The molecule has 0 bridgehead atoms. The van der Waals surface area contributed by atoms with Crippen LogP contribution in [0.25, 0.3) is 5.82 Å². The molecule has 0 unspecified atom stereocenters. The van der Waals surface area contributed by atoms with Crippen molar-refractivity contribution >= 4 is 5.82 Å². The van der Waals surface area contributed by atoms with Gasteiger partial charge in [0, 0.05) is 31.4 Å². The summed E-state index contributed by atoms with van der Waals surface area (Å²) in [4.78, 5) is 13.9. The number of aryl methyl sites for hydroxylation is 2. The van der Waals surface area contributed by atoms with Gasteiger partial charge in [0.05, 0.1) is 0 Å². The van der Waals surface area contributed by atoms with Crippen LogP contribution >= 0.6 is 0 Å². The van der Waals surface area contributed by atoms with Crippen LogP contribution in [0.5, 0.6) is 0 Å². The summed E-state index contributed by atoms with van der Waals surface area (Å²) in [6.45, 7) is 7.08. The number of hydrogen-bond acceptors (Lipinski definition) is 5. The Morgan fingerprint density at radius 1 is 1.14 bits per heavy atom. The van der Waals surface area contributed by atoms with Gasteiger partial charge >= 0.3 is 0 Å². The van der Waals surface area contributed by atoms with E-state index < -0.39 is 0 Å². The predicted octanol–water partition coefficient (Wildman–Crippen LogP) is 2.49. The van der Waals surface area contributed by atoms with Crippen LogP contribution in [0.3, 0.4) is 0 Å². The average molecular weight is 286 g/mol. The fourth-order valence-corrected chi connectivity index (χ4v) is 2.31. The molecule has 0 amide bonds. The van der Waals surface area contributed by atoms with Crippen LogP contribution in [0.15, 0.2) is 6.07 Å². The van der Waals surface area contributed by atoms with Crippen LogP contribution in [0.4, 0.5) is 5.82 Å². The molecular weight excluding hydrogens is 264 g/mol. The molecule has 21 heavy (non-hydrogen) atoms. The zero-order valence-electron chi connectivity index (χ0n) is 12.9. The van der Waals surface area contributed by atoms with Gasteiger partial charge in [0.25, 0.3) is 0 Å². The van der Waals surface area contributed by atoms with Gasteiger partial charge in [0.15, 0.2) is 11.6 Å². The molecule has 1 aliphatic carbocycles. The van der Waals surface area contributed by atoms with E-state index in [9.17, 15) is 0 Å². The Morgan fingerprint density at radius 2 is 1.95 bits per heavy atom. The summed E-state index contributed by atoms with van der Waals surface area (Å²) < 4.78 is 1.87. The van der Waals surface area contributed by atoms with Gasteiger partial charge in [-0.1, -0.05) is 13.8 Å². The van der Waals surface area contributed by atoms with Crippen molar-refractivity contribution in [2.75, 3.05) is 11.9 Å². The van der Waals surface area contributed by atoms with Crippen molar-refractivity contribution in [3.05, 3.63) is 23.5 Å². The van der Waals surface area contributed by atoms with E-state index in [0.717, 1.165) is 48.5 Å². The maximum absolute atomic E-state index is 4.71. The molecule has 2 aromatic heterocycles. The number of rotatable bonds is 6. The highest BCUT2D eigenvalue weighted by Crippen LogP contribution is 2.38. The second-order valence-electron chi connectivity index (χ2n) is 5.34. The second kappa shape index (κ2) is 5.79. The van der Waals surface area contributed by atoms with Crippen LogP contribution in [-0.2, 0) is 12.8 Å². The predicted molar refractivity (Wildman–Crippen MR) is 81.8 cm³/mol. The first-order valence-corrected chi connectivity index (χ1v) is 7.83. The van der Waals surface area contributed by atoms with Crippen molar-refractivity contribution in [1.29, 1.82) is 0 Å². The highest BCUT2D eigenvalue weighted by atomic mass is 15.4. The van der Waals surface area contributed by atoms with Crippen molar-refractivity contribution in [2.45, 2.75) is 52.4 Å². The van der Waals surface area contributed by atoms with Gasteiger partial charge in [-0.15, -0.1) is 5.10 Å². The lowest BCUT2D eigenvalue weighted by Crippen LogP contribution is -2.10. The van der Waals surface area contributed by atoms with Crippen molar-refractivity contribution in [1.82, 2.24) is 24.7 Å². The summed E-state index contributed by atoms with van der Waals surface area (Å²) in [5, 5.41) is 7.87. The maximum Gasteiger partial charge on any atom is 0.161 e. The van der Waals surface area contributed by atoms with Gasteiger partial charge in [-0.05, 0) is 19.8 Å². The van der Waals surface area contributed by atoms with Gasteiger partial charge < -0.3 is 5.32 Å². The van der Waals surface area contributed by atoms with Gasteiger partial charge in [0.1, 0.15) is 17.5 Å². The zero-order valence-corrected chi connectivity index (χ0v) is 12.9. The second-order valence-corrected chi connectivity index (χ2v) is 5.34. The summed E-state index contributed by atoms with van der Waals surface area (Å²) in [7, 11) is 0. The third-order valence-electron chi connectivity index (χ3n) is 3.60. The molecular formula is C15H22N6. The highest BCUT2D eigenvalue weighted by Gasteiger charge is 2.28. The molecule has 6 heteroatoms. The molecule has 0 atom stereocenters. The molecule has 0 spiro atoms. The van der Waals surface area contributed by atoms with E-state index in [4.69, 9.17) is 4.98 Å². The van der Waals surface area contributed by atoms with E-state index in [-0.39, 0.29) is 0 Å². The lowest BCUT2D eigenvalue weighted by molar-refractivity contribution is 0.752. The van der Waals surface area contributed by atoms with Gasteiger partial charge in [-0.25, -0.2) is 15.0 Å². The monoisotopic (exact) mass is 286 g/mol. The Labute approximate surface area is 125 Å². The summed E-state index contributed by atoms with van der Waals surface area (Å²) >= 11 is 0. The van der Waals surface area contributed by atoms with Gasteiger partial charge in [0.2, 0.25) is 0 Å². The van der Waals surface area contributed by atoms with Gasteiger partial charge in [-0.3, -0.25) is 0 Å². The molecule has 2 heterocycles. The van der Waals surface area contributed by atoms with Crippen LogP contribution < -0.4 is 5.32 Å². The summed E-state index contributed by atoms with van der Waals surface area (Å²) in [6.07, 6.45) is 4.05. The molecule has 1 fully saturated rings. The SMILES string of the molecule is CCNc1cc(-n2nc(CC)nc2CC)nc(C2CC2)n1. The normalized spacial score (nSPS) is 14.4. The summed E-state index contributed by atoms with van der Waals surface area (Å²) in [5.74, 6) is 4.96. The molecule has 1 saturated carbocycles. The maximum atomic E-state index is 4.71. The molecule has 112 valence electrons. The van der Waals surface area contributed by atoms with E-state index in [0.29, 0.717) is 5.92 Å². The number of aromatic nitrogens is 5. The van der Waals surface area contributed by atoms with Crippen molar-refractivity contribution in [3.63, 3.8) is 0 Å². The summed E-state index contributed by atoms with van der Waals surface area (Å²) in [6, 6.07) is 1.96. The average Bonchev–Trinajstić information content (AvgIpc) is 3.26. The first-order chi connectivity index (χ1) is 10.2. The molecule has 0 radical (unpaired) electrons. The molecule has 0 aromatic carbocycles. The zero-order chi connectivity index (χ0) is 14.8. The Kier molecular flexibility index (Phi) is 3.86. The fraction of sp³-hybridized carbons (Fsp3) is 0.600. The Bertz CT molecular complexity index is 629. The first kappa shape index (κ1) is 14.0. The van der Waals surface area contributed by atoms with E-state index >= 15 is 0 Å². The number of nitrogens with zero attached hydrogens (tertiary/aromatic N) is 5. The fourth-order valence-electron chi connectivity index (χ4n) is 2.31. The largest absolute Gasteiger partial charge is 0.370 e. The van der Waals surface area contributed by atoms with E-state index in [1.54, 1.807) is 0 Å².